The van der Waals surface area contributed by atoms with Gasteiger partial charge in [0, 0.05) is 35.1 Å². The largest absolute Gasteiger partial charge is 0.457 e. The number of Topliss-reactive ketones (excluding diaryl/α,β-unsaturated/α-hetero) is 1. The number of rotatable bonds is 7. The number of ether oxygens (including phenoxy) is 1. The van der Waals surface area contributed by atoms with Crippen molar-refractivity contribution in [3.8, 4) is 11.5 Å². The molecule has 2 aliphatic carbocycles. The zero-order chi connectivity index (χ0) is 31.2. The average molecular weight is 612 g/mol. The van der Waals surface area contributed by atoms with E-state index in [4.69, 9.17) is 21.9 Å². The van der Waals surface area contributed by atoms with Gasteiger partial charge in [0.05, 0.1) is 15.6 Å². The Kier molecular flexibility index (Phi) is 7.91. The molecule has 1 heterocycles. The third-order valence-corrected chi connectivity index (χ3v) is 10.1. The summed E-state index contributed by atoms with van der Waals surface area (Å²) >= 11 is 1.22. The fraction of sp³-hybridized carbons (Fsp3) is 0.324. The molecule has 0 radical (unpaired) electrons. The highest BCUT2D eigenvalue weighted by Gasteiger charge is 2.49. The van der Waals surface area contributed by atoms with Gasteiger partial charge in [0.25, 0.3) is 5.91 Å². The van der Waals surface area contributed by atoms with Crippen LogP contribution in [0.2, 0.25) is 0 Å². The topological polar surface area (TPSA) is 163 Å². The number of benzene rings is 3. The quantitative estimate of drug-likeness (QED) is 0.185. The molecule has 10 heteroatoms. The summed E-state index contributed by atoms with van der Waals surface area (Å²) in [6.45, 7) is 3.69. The molecule has 4 atom stereocenters. The number of ketones is 1. The van der Waals surface area contributed by atoms with Crippen molar-refractivity contribution < 1.29 is 19.1 Å². The lowest BCUT2D eigenvalue weighted by Gasteiger charge is -2.37. The van der Waals surface area contributed by atoms with Gasteiger partial charge in [-0.05, 0) is 66.8 Å². The van der Waals surface area contributed by atoms with Crippen molar-refractivity contribution in [2.24, 2.45) is 11.5 Å². The van der Waals surface area contributed by atoms with E-state index in [1.807, 2.05) is 43.3 Å². The van der Waals surface area contributed by atoms with Crippen molar-refractivity contribution in [2.45, 2.75) is 69.6 Å². The van der Waals surface area contributed by atoms with E-state index in [9.17, 15) is 14.4 Å². The van der Waals surface area contributed by atoms with Crippen molar-refractivity contribution in [3.05, 3.63) is 87.8 Å². The van der Waals surface area contributed by atoms with E-state index in [2.05, 4.69) is 10.6 Å². The Balaban J connectivity index is 1.39. The van der Waals surface area contributed by atoms with Crippen LogP contribution in [0.4, 0.5) is 5.69 Å². The smallest absolute Gasteiger partial charge is 0.262 e. The first-order valence-corrected chi connectivity index (χ1v) is 15.8. The van der Waals surface area contributed by atoms with Gasteiger partial charge in [-0.3, -0.25) is 14.4 Å². The molecule has 0 aliphatic heterocycles. The number of nitrogen functional groups attached to an aromatic ring is 1. The number of nitrogens with two attached hydrogens (primary N) is 3. The van der Waals surface area contributed by atoms with Crippen LogP contribution in [0.5, 0.6) is 11.5 Å². The number of carbonyl (C=O) groups is 3. The molecule has 228 valence electrons. The second kappa shape index (κ2) is 11.7. The van der Waals surface area contributed by atoms with E-state index < -0.39 is 17.4 Å². The molecule has 2 aliphatic rings. The average Bonchev–Trinajstić information content (AvgIpc) is 3.43. The maximum Gasteiger partial charge on any atom is 0.262 e. The van der Waals surface area contributed by atoms with Crippen LogP contribution in [-0.2, 0) is 15.1 Å². The molecule has 0 saturated heterocycles. The van der Waals surface area contributed by atoms with Crippen molar-refractivity contribution in [2.75, 3.05) is 5.73 Å². The number of amides is 2. The summed E-state index contributed by atoms with van der Waals surface area (Å²) in [5.41, 5.74) is 21.5. The number of para-hydroxylation sites is 1. The lowest BCUT2D eigenvalue weighted by molar-refractivity contribution is -0.125. The Morgan fingerprint density at radius 3 is 2.34 bits per heavy atom. The van der Waals surface area contributed by atoms with Gasteiger partial charge in [-0.15, -0.1) is 11.3 Å². The third kappa shape index (κ3) is 5.02. The fourth-order valence-electron chi connectivity index (χ4n) is 6.61. The number of anilines is 1. The number of aryl methyl sites for hydroxylation is 1. The van der Waals surface area contributed by atoms with Gasteiger partial charge in [-0.25, -0.2) is 0 Å². The molecule has 3 aromatic carbocycles. The van der Waals surface area contributed by atoms with Crippen LogP contribution >= 0.6 is 11.3 Å². The molecular formula is C34H37N5O4S. The minimum absolute atomic E-state index is 0.0487. The molecule has 8 N–H and O–H groups in total. The molecule has 44 heavy (non-hydrogen) atoms. The number of hydrogen-bond acceptors (Lipinski definition) is 8. The maximum absolute atomic E-state index is 14.2. The van der Waals surface area contributed by atoms with E-state index in [0.717, 1.165) is 31.2 Å². The molecule has 4 aromatic rings. The Labute approximate surface area is 260 Å². The molecule has 6 rings (SSSR count). The Morgan fingerprint density at radius 1 is 0.977 bits per heavy atom. The minimum Gasteiger partial charge on any atom is -0.457 e. The van der Waals surface area contributed by atoms with Crippen molar-refractivity contribution in [1.29, 1.82) is 0 Å². The fourth-order valence-corrected chi connectivity index (χ4v) is 7.82. The molecule has 1 fully saturated rings. The summed E-state index contributed by atoms with van der Waals surface area (Å²) < 4.78 is 6.67. The van der Waals surface area contributed by atoms with Crippen molar-refractivity contribution in [1.82, 2.24) is 10.6 Å². The second-order valence-electron chi connectivity index (χ2n) is 11.7. The lowest BCUT2D eigenvalue weighted by atomic mass is 9.69. The van der Waals surface area contributed by atoms with Gasteiger partial charge in [-0.2, -0.15) is 0 Å². The SMILES string of the molecule is CCC(=O)N[C@H]1CCCC[C@@H]1NC(=O)c1sc2c(N)ccc3c2c1C(N)C(=O)C3(N)c1ccc(Oc2ccccc2)cc1C. The van der Waals surface area contributed by atoms with Gasteiger partial charge in [0.15, 0.2) is 5.78 Å². The summed E-state index contributed by atoms with van der Waals surface area (Å²) in [7, 11) is 0. The van der Waals surface area contributed by atoms with Crippen LogP contribution in [-0.4, -0.2) is 29.7 Å². The summed E-state index contributed by atoms with van der Waals surface area (Å²) in [5, 5.41) is 6.84. The number of hydrogen-bond donors (Lipinski definition) is 5. The van der Waals surface area contributed by atoms with Gasteiger partial charge >= 0.3 is 0 Å². The minimum atomic E-state index is -1.57. The number of nitrogens with one attached hydrogen (secondary N) is 2. The normalized spacial score (nSPS) is 22.9. The highest BCUT2D eigenvalue weighted by molar-refractivity contribution is 7.21. The highest BCUT2D eigenvalue weighted by Crippen LogP contribution is 2.50. The van der Waals surface area contributed by atoms with Crippen LogP contribution in [0.3, 0.4) is 0 Å². The van der Waals surface area contributed by atoms with Crippen LogP contribution in [0.15, 0.2) is 60.7 Å². The van der Waals surface area contributed by atoms with E-state index in [0.29, 0.717) is 55.3 Å². The molecular weight excluding hydrogens is 574 g/mol. The summed E-state index contributed by atoms with van der Waals surface area (Å²) in [4.78, 5) is 40.6. The summed E-state index contributed by atoms with van der Waals surface area (Å²) in [6.07, 6.45) is 3.83. The molecule has 9 nitrogen and oxygen atoms in total. The maximum atomic E-state index is 14.2. The Morgan fingerprint density at radius 2 is 1.66 bits per heavy atom. The van der Waals surface area contributed by atoms with E-state index in [1.165, 1.54) is 11.3 Å². The summed E-state index contributed by atoms with van der Waals surface area (Å²) in [6, 6.07) is 16.8. The first-order valence-electron chi connectivity index (χ1n) is 15.0. The van der Waals surface area contributed by atoms with Gasteiger partial charge in [-0.1, -0.05) is 50.1 Å². The van der Waals surface area contributed by atoms with Crippen molar-refractivity contribution >= 4 is 44.7 Å². The Bertz CT molecular complexity index is 1770. The number of carbonyl (C=O) groups excluding carboxylic acids is 3. The molecule has 2 unspecified atom stereocenters. The van der Waals surface area contributed by atoms with Gasteiger partial charge < -0.3 is 32.6 Å². The monoisotopic (exact) mass is 611 g/mol. The van der Waals surface area contributed by atoms with Crippen LogP contribution < -0.4 is 32.6 Å². The van der Waals surface area contributed by atoms with Gasteiger partial charge in [0.2, 0.25) is 5.91 Å². The predicted molar refractivity (Wildman–Crippen MR) is 173 cm³/mol. The zero-order valence-electron chi connectivity index (χ0n) is 24.8. The second-order valence-corrected chi connectivity index (χ2v) is 12.7. The van der Waals surface area contributed by atoms with E-state index in [1.54, 1.807) is 31.2 Å². The molecule has 0 bridgehead atoms. The molecule has 0 spiro atoms. The van der Waals surface area contributed by atoms with Crippen LogP contribution in [0.1, 0.15) is 77.0 Å². The predicted octanol–water partition coefficient (Wildman–Crippen LogP) is 4.94. The lowest BCUT2D eigenvalue weighted by Crippen LogP contribution is -2.54. The molecule has 1 aromatic heterocycles. The first-order chi connectivity index (χ1) is 21.1. The van der Waals surface area contributed by atoms with Crippen LogP contribution in [0, 0.1) is 6.92 Å². The molecule has 2 amide bonds. The number of thiophene rings is 1. The van der Waals surface area contributed by atoms with Crippen molar-refractivity contribution in [3.63, 3.8) is 0 Å². The van der Waals surface area contributed by atoms with Crippen LogP contribution in [0.25, 0.3) is 10.1 Å². The third-order valence-electron chi connectivity index (χ3n) is 8.87. The van der Waals surface area contributed by atoms with E-state index >= 15 is 0 Å². The standard InChI is InChI=1S/C34H37N5O4S/c1-3-26(40)38-24-11-7-8-12-25(24)39-33(42)31-28-27-22(15-16-23(35)30(27)44-31)34(37,32(41)29(28)36)21-14-13-20(17-18(21)2)43-19-9-5-4-6-10-19/h4-6,9-10,13-17,24-25,29H,3,7-8,11-12,35-37H2,1-2H3,(H,38,40)(H,39,42)/t24-,25-,29?,34?/m0/s1. The summed E-state index contributed by atoms with van der Waals surface area (Å²) in [5.74, 6) is 0.517. The highest BCUT2D eigenvalue weighted by atomic mass is 32.1. The van der Waals surface area contributed by atoms with Gasteiger partial charge in [0.1, 0.15) is 17.0 Å². The molecule has 1 saturated carbocycles. The zero-order valence-corrected chi connectivity index (χ0v) is 25.6. The Hall–Kier alpha value is -4.25. The van der Waals surface area contributed by atoms with E-state index in [-0.39, 0.29) is 23.9 Å². The first kappa shape index (κ1) is 29.8.